The molecule has 0 spiro atoms. The Morgan fingerprint density at radius 3 is 2.74 bits per heavy atom. The second-order valence-corrected chi connectivity index (χ2v) is 4.53. The number of halogens is 1. The van der Waals surface area contributed by atoms with Crippen molar-refractivity contribution in [2.45, 2.75) is 13.0 Å². The second-order valence-electron chi connectivity index (χ2n) is 4.53. The molecule has 4 nitrogen and oxygen atoms in total. The van der Waals surface area contributed by atoms with Crippen LogP contribution in [0.2, 0.25) is 0 Å². The van der Waals surface area contributed by atoms with Crippen molar-refractivity contribution in [2.24, 2.45) is 0 Å². The van der Waals surface area contributed by atoms with E-state index in [0.29, 0.717) is 0 Å². The van der Waals surface area contributed by atoms with E-state index in [2.05, 4.69) is 16.3 Å². The number of benzene rings is 1. The Bertz CT molecular complexity index is 380. The van der Waals surface area contributed by atoms with E-state index in [1.54, 1.807) is 14.2 Å². The van der Waals surface area contributed by atoms with Crippen LogP contribution >= 0.6 is 12.4 Å². The second kappa shape index (κ2) is 8.25. The highest BCUT2D eigenvalue weighted by atomic mass is 35.5. The van der Waals surface area contributed by atoms with Gasteiger partial charge in [-0.1, -0.05) is 12.1 Å². The largest absolute Gasteiger partial charge is 0.493 e. The fourth-order valence-electron chi connectivity index (χ4n) is 2.38. The van der Waals surface area contributed by atoms with E-state index in [1.165, 1.54) is 12.0 Å². The first-order chi connectivity index (χ1) is 8.85. The van der Waals surface area contributed by atoms with Crippen LogP contribution in [0, 0.1) is 0 Å². The molecule has 0 aliphatic carbocycles. The summed E-state index contributed by atoms with van der Waals surface area (Å²) in [6.07, 6.45) is 1.20. The molecule has 1 N–H and O–H groups in total. The summed E-state index contributed by atoms with van der Waals surface area (Å²) >= 11 is 0. The third-order valence-corrected chi connectivity index (χ3v) is 3.31. The smallest absolute Gasteiger partial charge is 0.165 e. The number of nitrogens with one attached hydrogen (secondary N) is 1. The Balaban J connectivity index is 0.00000180. The SMILES string of the molecule is COc1cccc(CN2CCCNCC2)c1OC.Cl. The molecule has 0 bridgehead atoms. The average molecular weight is 287 g/mol. The van der Waals surface area contributed by atoms with Crippen molar-refractivity contribution in [1.29, 1.82) is 0 Å². The summed E-state index contributed by atoms with van der Waals surface area (Å²) in [6.45, 7) is 5.31. The van der Waals surface area contributed by atoms with Gasteiger partial charge >= 0.3 is 0 Å². The maximum Gasteiger partial charge on any atom is 0.165 e. The number of hydrogen-bond donors (Lipinski definition) is 1. The molecule has 1 fully saturated rings. The molecule has 19 heavy (non-hydrogen) atoms. The molecule has 1 heterocycles. The molecule has 108 valence electrons. The molecule has 1 aromatic carbocycles. The average Bonchev–Trinajstić information content (AvgIpc) is 2.67. The number of para-hydroxylation sites is 1. The molecule has 5 heteroatoms. The monoisotopic (exact) mass is 286 g/mol. The standard InChI is InChI=1S/C14H22N2O2.ClH/c1-17-13-6-3-5-12(14(13)18-2)11-16-9-4-7-15-8-10-16;/h3,5-6,15H,4,7-11H2,1-2H3;1H. The van der Waals surface area contributed by atoms with Crippen LogP contribution in [-0.2, 0) is 6.54 Å². The van der Waals surface area contributed by atoms with Gasteiger partial charge in [-0.25, -0.2) is 0 Å². The first-order valence-electron chi connectivity index (χ1n) is 6.48. The van der Waals surface area contributed by atoms with Gasteiger partial charge in [-0.15, -0.1) is 12.4 Å². The third kappa shape index (κ3) is 4.27. The zero-order chi connectivity index (χ0) is 12.8. The van der Waals surface area contributed by atoms with Gasteiger partial charge in [0.05, 0.1) is 14.2 Å². The number of methoxy groups -OCH3 is 2. The Kier molecular flexibility index (Phi) is 6.99. The maximum atomic E-state index is 5.47. The molecule has 0 atom stereocenters. The van der Waals surface area contributed by atoms with Gasteiger partial charge in [-0.2, -0.15) is 0 Å². The molecule has 0 unspecified atom stereocenters. The van der Waals surface area contributed by atoms with Crippen molar-refractivity contribution in [2.75, 3.05) is 40.4 Å². The first kappa shape index (κ1) is 16.1. The molecular formula is C14H23ClN2O2. The normalized spacial score (nSPS) is 16.3. The lowest BCUT2D eigenvalue weighted by molar-refractivity contribution is 0.275. The van der Waals surface area contributed by atoms with E-state index in [1.807, 2.05) is 12.1 Å². The van der Waals surface area contributed by atoms with Gasteiger partial charge in [0.2, 0.25) is 0 Å². The molecule has 1 aliphatic rings. The van der Waals surface area contributed by atoms with Crippen LogP contribution in [0.15, 0.2) is 18.2 Å². The summed E-state index contributed by atoms with van der Waals surface area (Å²) in [5.74, 6) is 1.67. The number of ether oxygens (including phenoxy) is 2. The van der Waals surface area contributed by atoms with Crippen LogP contribution in [0.3, 0.4) is 0 Å². The molecular weight excluding hydrogens is 264 g/mol. The minimum Gasteiger partial charge on any atom is -0.493 e. The highest BCUT2D eigenvalue weighted by Crippen LogP contribution is 2.31. The van der Waals surface area contributed by atoms with Crippen molar-refractivity contribution < 1.29 is 9.47 Å². The van der Waals surface area contributed by atoms with Crippen molar-refractivity contribution >= 4 is 12.4 Å². The van der Waals surface area contributed by atoms with Crippen LogP contribution in [0.25, 0.3) is 0 Å². The van der Waals surface area contributed by atoms with E-state index in [-0.39, 0.29) is 12.4 Å². The molecule has 0 aromatic heterocycles. The Hall–Kier alpha value is -0.970. The quantitative estimate of drug-likeness (QED) is 0.917. The lowest BCUT2D eigenvalue weighted by atomic mass is 10.1. The molecule has 0 radical (unpaired) electrons. The minimum atomic E-state index is 0. The molecule has 1 saturated heterocycles. The highest BCUT2D eigenvalue weighted by Gasteiger charge is 2.14. The summed E-state index contributed by atoms with van der Waals surface area (Å²) in [4.78, 5) is 2.46. The number of rotatable bonds is 4. The number of hydrogen-bond acceptors (Lipinski definition) is 4. The number of nitrogens with zero attached hydrogens (tertiary/aromatic N) is 1. The Labute approximate surface area is 121 Å². The van der Waals surface area contributed by atoms with E-state index in [4.69, 9.17) is 9.47 Å². The van der Waals surface area contributed by atoms with Gasteiger partial charge < -0.3 is 14.8 Å². The molecule has 1 aromatic rings. The first-order valence-corrected chi connectivity index (χ1v) is 6.48. The molecule has 0 saturated carbocycles. The zero-order valence-corrected chi connectivity index (χ0v) is 12.5. The third-order valence-electron chi connectivity index (χ3n) is 3.31. The van der Waals surface area contributed by atoms with Crippen molar-refractivity contribution in [1.82, 2.24) is 10.2 Å². The summed E-state index contributed by atoms with van der Waals surface area (Å²) in [5, 5.41) is 3.42. The van der Waals surface area contributed by atoms with Crippen LogP contribution in [0.4, 0.5) is 0 Å². The fraction of sp³-hybridized carbons (Fsp3) is 0.571. The van der Waals surface area contributed by atoms with Gasteiger partial charge in [0.25, 0.3) is 0 Å². The van der Waals surface area contributed by atoms with Crippen LogP contribution < -0.4 is 14.8 Å². The van der Waals surface area contributed by atoms with Gasteiger partial charge in [-0.05, 0) is 25.6 Å². The Morgan fingerprint density at radius 1 is 1.16 bits per heavy atom. The van der Waals surface area contributed by atoms with E-state index in [9.17, 15) is 0 Å². The fourth-order valence-corrected chi connectivity index (χ4v) is 2.38. The lowest BCUT2D eigenvalue weighted by Gasteiger charge is -2.21. The predicted molar refractivity (Wildman–Crippen MR) is 79.6 cm³/mol. The highest BCUT2D eigenvalue weighted by molar-refractivity contribution is 5.85. The van der Waals surface area contributed by atoms with Crippen molar-refractivity contribution in [3.05, 3.63) is 23.8 Å². The molecule has 2 rings (SSSR count). The topological polar surface area (TPSA) is 33.7 Å². The van der Waals surface area contributed by atoms with Crippen LogP contribution in [0.5, 0.6) is 11.5 Å². The predicted octanol–water partition coefficient (Wildman–Crippen LogP) is 1.92. The minimum absolute atomic E-state index is 0. The van der Waals surface area contributed by atoms with Gasteiger partial charge in [0, 0.05) is 25.2 Å². The van der Waals surface area contributed by atoms with Crippen molar-refractivity contribution in [3.63, 3.8) is 0 Å². The molecule has 1 aliphatic heterocycles. The van der Waals surface area contributed by atoms with E-state index in [0.717, 1.165) is 44.2 Å². The molecule has 0 amide bonds. The maximum absolute atomic E-state index is 5.47. The van der Waals surface area contributed by atoms with Crippen LogP contribution in [-0.4, -0.2) is 45.3 Å². The van der Waals surface area contributed by atoms with E-state index >= 15 is 0 Å². The van der Waals surface area contributed by atoms with Gasteiger partial charge in [-0.3, -0.25) is 4.90 Å². The summed E-state index contributed by atoms with van der Waals surface area (Å²) in [6, 6.07) is 6.07. The van der Waals surface area contributed by atoms with E-state index < -0.39 is 0 Å². The Morgan fingerprint density at radius 2 is 2.00 bits per heavy atom. The summed E-state index contributed by atoms with van der Waals surface area (Å²) in [5.41, 5.74) is 1.19. The zero-order valence-electron chi connectivity index (χ0n) is 11.6. The summed E-state index contributed by atoms with van der Waals surface area (Å²) < 4.78 is 10.8. The van der Waals surface area contributed by atoms with Gasteiger partial charge in [0.15, 0.2) is 11.5 Å². The lowest BCUT2D eigenvalue weighted by Crippen LogP contribution is -2.27. The summed E-state index contributed by atoms with van der Waals surface area (Å²) in [7, 11) is 3.38. The van der Waals surface area contributed by atoms with Crippen molar-refractivity contribution in [3.8, 4) is 11.5 Å². The van der Waals surface area contributed by atoms with Gasteiger partial charge in [0.1, 0.15) is 0 Å². The van der Waals surface area contributed by atoms with Crippen LogP contribution in [0.1, 0.15) is 12.0 Å².